The van der Waals surface area contributed by atoms with E-state index in [2.05, 4.69) is 12.2 Å². The molecule has 1 aromatic rings. The van der Waals surface area contributed by atoms with Crippen LogP contribution in [0.2, 0.25) is 0 Å². The third kappa shape index (κ3) is 1.43. The molecular formula is C12H11O2-. The summed E-state index contributed by atoms with van der Waals surface area (Å²) in [5.74, 6) is -1.54. The number of hydrogen-bond donors (Lipinski definition) is 0. The minimum absolute atomic E-state index is 0.527. The Hall–Kier alpha value is -1.57. The summed E-state index contributed by atoms with van der Waals surface area (Å²) in [6.45, 7) is 1.65. The number of carbonyl (C=O) groups is 1. The van der Waals surface area contributed by atoms with Crippen LogP contribution in [0, 0.1) is 0 Å². The van der Waals surface area contributed by atoms with E-state index in [1.165, 1.54) is 11.1 Å². The zero-order chi connectivity index (χ0) is 10.1. The molecule has 0 saturated heterocycles. The van der Waals surface area contributed by atoms with Gasteiger partial charge < -0.3 is 9.90 Å². The highest BCUT2D eigenvalue weighted by Crippen LogP contribution is 2.24. The van der Waals surface area contributed by atoms with Gasteiger partial charge in [-0.1, -0.05) is 37.3 Å². The molecule has 1 unspecified atom stereocenters. The number of carboxylic acid groups (broad SMARTS) is 1. The van der Waals surface area contributed by atoms with Crippen molar-refractivity contribution in [1.82, 2.24) is 0 Å². The summed E-state index contributed by atoms with van der Waals surface area (Å²) in [7, 11) is 0. The van der Waals surface area contributed by atoms with E-state index in [-0.39, 0.29) is 0 Å². The molecule has 0 heterocycles. The molecule has 0 fully saturated rings. The molecule has 0 amide bonds. The normalized spacial score (nSPS) is 15.2. The highest BCUT2D eigenvalue weighted by atomic mass is 16.4. The summed E-state index contributed by atoms with van der Waals surface area (Å²) in [6, 6.07) is 5.78. The number of hydrogen-bond acceptors (Lipinski definition) is 2. The SMILES string of the molecule is CC(C(=O)[O-])c1ccc2c(c1)CC=C2. The number of carbonyl (C=O) groups excluding carboxylic acids is 1. The van der Waals surface area contributed by atoms with Crippen molar-refractivity contribution in [3.8, 4) is 0 Å². The molecule has 14 heavy (non-hydrogen) atoms. The second-order valence-electron chi connectivity index (χ2n) is 3.61. The predicted octanol–water partition coefficient (Wildman–Crippen LogP) is 1.11. The molecule has 72 valence electrons. The van der Waals surface area contributed by atoms with E-state index < -0.39 is 11.9 Å². The van der Waals surface area contributed by atoms with Crippen molar-refractivity contribution >= 4 is 12.0 Å². The molecule has 1 aliphatic carbocycles. The summed E-state index contributed by atoms with van der Waals surface area (Å²) in [5.41, 5.74) is 3.22. The van der Waals surface area contributed by atoms with Gasteiger partial charge in [0.05, 0.1) is 0 Å². The number of rotatable bonds is 2. The third-order valence-electron chi connectivity index (χ3n) is 2.66. The lowest BCUT2D eigenvalue weighted by Gasteiger charge is -2.13. The van der Waals surface area contributed by atoms with E-state index in [4.69, 9.17) is 0 Å². The molecule has 0 aromatic heterocycles. The summed E-state index contributed by atoms with van der Waals surface area (Å²) < 4.78 is 0. The van der Waals surface area contributed by atoms with E-state index >= 15 is 0 Å². The van der Waals surface area contributed by atoms with Gasteiger partial charge in [0.2, 0.25) is 0 Å². The molecule has 2 heteroatoms. The fraction of sp³-hybridized carbons (Fsp3) is 0.250. The van der Waals surface area contributed by atoms with Crippen LogP contribution in [0.3, 0.4) is 0 Å². The van der Waals surface area contributed by atoms with E-state index in [0.29, 0.717) is 0 Å². The van der Waals surface area contributed by atoms with Crippen LogP contribution >= 0.6 is 0 Å². The smallest absolute Gasteiger partial charge is 0.0486 e. The maximum atomic E-state index is 10.7. The molecule has 1 aromatic carbocycles. The minimum Gasteiger partial charge on any atom is -0.550 e. The van der Waals surface area contributed by atoms with E-state index in [1.807, 2.05) is 18.2 Å². The van der Waals surface area contributed by atoms with E-state index in [0.717, 1.165) is 12.0 Å². The van der Waals surface area contributed by atoms with Gasteiger partial charge in [-0.25, -0.2) is 0 Å². The first-order valence-corrected chi connectivity index (χ1v) is 4.68. The van der Waals surface area contributed by atoms with Crippen LogP contribution in [-0.4, -0.2) is 5.97 Å². The Morgan fingerprint density at radius 3 is 3.00 bits per heavy atom. The zero-order valence-corrected chi connectivity index (χ0v) is 7.99. The average Bonchev–Trinajstić information content (AvgIpc) is 2.62. The lowest BCUT2D eigenvalue weighted by molar-refractivity contribution is -0.307. The van der Waals surface area contributed by atoms with Crippen molar-refractivity contribution in [1.29, 1.82) is 0 Å². The highest BCUT2D eigenvalue weighted by Gasteiger charge is 2.10. The predicted molar refractivity (Wildman–Crippen MR) is 52.6 cm³/mol. The molecule has 1 atom stereocenters. The summed E-state index contributed by atoms with van der Waals surface area (Å²) >= 11 is 0. The van der Waals surface area contributed by atoms with Gasteiger partial charge >= 0.3 is 0 Å². The standard InChI is InChI=1S/C12H12O2/c1-8(12(13)14)10-6-5-9-3-2-4-11(9)7-10/h2-3,5-8H,4H2,1H3,(H,13,14)/p-1. The largest absolute Gasteiger partial charge is 0.550 e. The summed E-state index contributed by atoms with van der Waals surface area (Å²) in [5, 5.41) is 10.7. The van der Waals surface area contributed by atoms with Gasteiger partial charge in [-0.15, -0.1) is 0 Å². The third-order valence-corrected chi connectivity index (χ3v) is 2.66. The summed E-state index contributed by atoms with van der Waals surface area (Å²) in [6.07, 6.45) is 5.05. The number of benzene rings is 1. The lowest BCUT2D eigenvalue weighted by Crippen LogP contribution is -2.28. The van der Waals surface area contributed by atoms with Gasteiger partial charge in [-0.05, 0) is 23.1 Å². The van der Waals surface area contributed by atoms with Crippen LogP contribution in [0.4, 0.5) is 0 Å². The second-order valence-corrected chi connectivity index (χ2v) is 3.61. The van der Waals surface area contributed by atoms with Crippen molar-refractivity contribution in [2.45, 2.75) is 19.3 Å². The quantitative estimate of drug-likeness (QED) is 0.695. The molecular weight excluding hydrogens is 176 g/mol. The van der Waals surface area contributed by atoms with Crippen LogP contribution < -0.4 is 5.11 Å². The maximum Gasteiger partial charge on any atom is 0.0486 e. The van der Waals surface area contributed by atoms with Crippen LogP contribution in [-0.2, 0) is 11.2 Å². The Balaban J connectivity index is 2.35. The first-order valence-electron chi connectivity index (χ1n) is 4.68. The number of fused-ring (bicyclic) bond motifs is 1. The molecule has 0 N–H and O–H groups in total. The lowest BCUT2D eigenvalue weighted by atomic mass is 9.97. The Bertz CT molecular complexity index is 405. The van der Waals surface area contributed by atoms with Gasteiger partial charge in [0.15, 0.2) is 0 Å². The van der Waals surface area contributed by atoms with Crippen molar-refractivity contribution in [2.24, 2.45) is 0 Å². The molecule has 1 aliphatic rings. The van der Waals surface area contributed by atoms with Gasteiger partial charge in [0.1, 0.15) is 0 Å². The van der Waals surface area contributed by atoms with Gasteiger partial charge in [0.25, 0.3) is 0 Å². The van der Waals surface area contributed by atoms with Gasteiger partial charge in [-0.2, -0.15) is 0 Å². The zero-order valence-electron chi connectivity index (χ0n) is 7.99. The van der Waals surface area contributed by atoms with Crippen LogP contribution in [0.25, 0.3) is 6.08 Å². The van der Waals surface area contributed by atoms with Crippen molar-refractivity contribution < 1.29 is 9.90 Å². The molecule has 0 aliphatic heterocycles. The second kappa shape index (κ2) is 3.29. The molecule has 2 nitrogen and oxygen atoms in total. The monoisotopic (exact) mass is 187 g/mol. The Morgan fingerprint density at radius 2 is 2.29 bits per heavy atom. The van der Waals surface area contributed by atoms with Crippen LogP contribution in [0.1, 0.15) is 29.5 Å². The van der Waals surface area contributed by atoms with Crippen molar-refractivity contribution in [2.75, 3.05) is 0 Å². The topological polar surface area (TPSA) is 40.1 Å². The Kier molecular flexibility index (Phi) is 2.12. The van der Waals surface area contributed by atoms with Crippen LogP contribution in [0.15, 0.2) is 24.3 Å². The number of aliphatic carboxylic acids is 1. The molecule has 0 saturated carbocycles. The molecule has 0 bridgehead atoms. The van der Waals surface area contributed by atoms with Crippen molar-refractivity contribution in [3.63, 3.8) is 0 Å². The Labute approximate surface area is 82.9 Å². The Morgan fingerprint density at radius 1 is 1.50 bits per heavy atom. The first kappa shape index (κ1) is 9.00. The number of carboxylic acids is 1. The minimum atomic E-state index is -1.02. The van der Waals surface area contributed by atoms with Gasteiger partial charge in [-0.3, -0.25) is 0 Å². The highest BCUT2D eigenvalue weighted by molar-refractivity contribution is 5.74. The van der Waals surface area contributed by atoms with E-state index in [1.54, 1.807) is 6.92 Å². The van der Waals surface area contributed by atoms with E-state index in [9.17, 15) is 9.90 Å². The van der Waals surface area contributed by atoms with Crippen LogP contribution in [0.5, 0.6) is 0 Å². The average molecular weight is 187 g/mol. The first-order chi connectivity index (χ1) is 6.68. The molecule has 2 rings (SSSR count). The maximum absolute atomic E-state index is 10.7. The number of allylic oxidation sites excluding steroid dienone is 1. The fourth-order valence-corrected chi connectivity index (χ4v) is 1.68. The summed E-state index contributed by atoms with van der Waals surface area (Å²) in [4.78, 5) is 10.7. The molecule has 0 radical (unpaired) electrons. The molecule has 0 spiro atoms. The van der Waals surface area contributed by atoms with Crippen molar-refractivity contribution in [3.05, 3.63) is 41.0 Å². The fourth-order valence-electron chi connectivity index (χ4n) is 1.68. The van der Waals surface area contributed by atoms with Gasteiger partial charge in [0, 0.05) is 11.9 Å².